The molecule has 4 heteroatoms. The summed E-state index contributed by atoms with van der Waals surface area (Å²) in [6.45, 7) is 10.3. The van der Waals surface area contributed by atoms with Crippen molar-refractivity contribution >= 4 is 28.8 Å². The minimum Gasteiger partial charge on any atom is -0.465 e. The van der Waals surface area contributed by atoms with Crippen molar-refractivity contribution in [2.75, 3.05) is 6.61 Å². The first kappa shape index (κ1) is 15.7. The SMILES string of the molecule is C=CC(C)=C[C@@](C)(C(=O)OCC)C(=O)C(C)=S. The van der Waals surface area contributed by atoms with Gasteiger partial charge >= 0.3 is 5.97 Å². The first-order chi connectivity index (χ1) is 7.79. The number of hydrogen-bond donors (Lipinski definition) is 0. The Morgan fingerprint density at radius 3 is 2.29 bits per heavy atom. The molecule has 0 heterocycles. The fourth-order valence-corrected chi connectivity index (χ4v) is 1.59. The number of carbonyl (C=O) groups excluding carboxylic acids is 2. The second kappa shape index (κ2) is 6.45. The summed E-state index contributed by atoms with van der Waals surface area (Å²) in [5.74, 6) is -0.998. The summed E-state index contributed by atoms with van der Waals surface area (Å²) in [7, 11) is 0. The van der Waals surface area contributed by atoms with E-state index >= 15 is 0 Å². The Balaban J connectivity index is 5.51. The highest BCUT2D eigenvalue weighted by Gasteiger charge is 2.41. The Hall–Kier alpha value is -1.29. The minimum atomic E-state index is -1.36. The van der Waals surface area contributed by atoms with Gasteiger partial charge in [-0.05, 0) is 27.7 Å². The lowest BCUT2D eigenvalue weighted by atomic mass is 9.82. The fourth-order valence-electron chi connectivity index (χ4n) is 1.38. The summed E-state index contributed by atoms with van der Waals surface area (Å²) in [6, 6.07) is 0. The van der Waals surface area contributed by atoms with Crippen LogP contribution < -0.4 is 0 Å². The number of hydrogen-bond acceptors (Lipinski definition) is 4. The molecule has 0 bridgehead atoms. The fraction of sp³-hybridized carbons (Fsp3) is 0.462. The second-order valence-electron chi connectivity index (χ2n) is 3.90. The molecule has 0 amide bonds. The van der Waals surface area contributed by atoms with E-state index in [-0.39, 0.29) is 11.5 Å². The van der Waals surface area contributed by atoms with Crippen LogP contribution in [0.3, 0.4) is 0 Å². The molecule has 0 radical (unpaired) electrons. The van der Waals surface area contributed by atoms with E-state index in [4.69, 9.17) is 17.0 Å². The number of ketones is 1. The molecule has 0 aromatic heterocycles. The van der Waals surface area contributed by atoms with Crippen LogP contribution in [0.2, 0.25) is 0 Å². The van der Waals surface area contributed by atoms with E-state index in [9.17, 15) is 9.59 Å². The van der Waals surface area contributed by atoms with Gasteiger partial charge in [0.25, 0.3) is 0 Å². The van der Waals surface area contributed by atoms with Gasteiger partial charge in [-0.3, -0.25) is 9.59 Å². The summed E-state index contributed by atoms with van der Waals surface area (Å²) in [4.78, 5) is 24.1. The topological polar surface area (TPSA) is 43.4 Å². The van der Waals surface area contributed by atoms with Crippen LogP contribution in [0, 0.1) is 5.41 Å². The van der Waals surface area contributed by atoms with Crippen molar-refractivity contribution in [2.24, 2.45) is 5.41 Å². The standard InChI is InChI=1S/C13H18O3S/c1-6-9(3)8-13(5,11(14)10(4)17)12(15)16-7-2/h6,8H,1,7H2,2-5H3/t13-/m1/s1. The molecule has 0 aromatic carbocycles. The molecule has 0 N–H and O–H groups in total. The molecule has 0 unspecified atom stereocenters. The van der Waals surface area contributed by atoms with Crippen LogP contribution in [0.15, 0.2) is 24.3 Å². The van der Waals surface area contributed by atoms with Crippen LogP contribution in [0.25, 0.3) is 0 Å². The molecule has 17 heavy (non-hydrogen) atoms. The molecule has 0 aromatic rings. The largest absolute Gasteiger partial charge is 0.465 e. The first-order valence-corrected chi connectivity index (χ1v) is 5.74. The van der Waals surface area contributed by atoms with Gasteiger partial charge in [0.05, 0.1) is 11.5 Å². The third-order valence-electron chi connectivity index (χ3n) is 2.33. The normalized spacial score (nSPS) is 14.7. The molecule has 0 aliphatic carbocycles. The van der Waals surface area contributed by atoms with E-state index in [1.165, 1.54) is 19.9 Å². The molecule has 0 rings (SSSR count). The third-order valence-corrected chi connectivity index (χ3v) is 2.51. The van der Waals surface area contributed by atoms with Crippen LogP contribution >= 0.6 is 12.2 Å². The molecule has 1 atom stereocenters. The van der Waals surface area contributed by atoms with E-state index in [1.807, 2.05) is 0 Å². The van der Waals surface area contributed by atoms with Gasteiger partial charge in [0.15, 0.2) is 5.78 Å². The summed E-state index contributed by atoms with van der Waals surface area (Å²) >= 11 is 4.85. The average molecular weight is 254 g/mol. The Kier molecular flexibility index (Phi) is 5.96. The van der Waals surface area contributed by atoms with Gasteiger partial charge < -0.3 is 4.74 Å². The number of Topliss-reactive ketones (excluding diaryl/α,β-unsaturated/α-hetero) is 1. The molecule has 0 fully saturated rings. The number of thiocarbonyl (C=S) groups is 1. The zero-order chi connectivity index (χ0) is 13.6. The monoisotopic (exact) mass is 254 g/mol. The summed E-state index contributed by atoms with van der Waals surface area (Å²) in [5, 5.41) is 0. The summed E-state index contributed by atoms with van der Waals surface area (Å²) in [5.41, 5.74) is -0.634. The smallest absolute Gasteiger partial charge is 0.323 e. The van der Waals surface area contributed by atoms with Crippen molar-refractivity contribution in [2.45, 2.75) is 27.7 Å². The van der Waals surface area contributed by atoms with Crippen LogP contribution in [0.5, 0.6) is 0 Å². The molecule has 0 aliphatic rings. The Morgan fingerprint density at radius 1 is 1.41 bits per heavy atom. The molecule has 94 valence electrons. The average Bonchev–Trinajstić information content (AvgIpc) is 2.27. The van der Waals surface area contributed by atoms with Gasteiger partial charge in [-0.2, -0.15) is 0 Å². The van der Waals surface area contributed by atoms with Crippen molar-refractivity contribution < 1.29 is 14.3 Å². The Morgan fingerprint density at radius 2 is 1.94 bits per heavy atom. The maximum absolute atomic E-state index is 12.0. The van der Waals surface area contributed by atoms with Gasteiger partial charge in [-0.15, -0.1) is 0 Å². The molecule has 0 saturated heterocycles. The lowest BCUT2D eigenvalue weighted by Gasteiger charge is -2.22. The highest BCUT2D eigenvalue weighted by molar-refractivity contribution is 7.82. The van der Waals surface area contributed by atoms with Gasteiger partial charge in [-0.25, -0.2) is 0 Å². The zero-order valence-electron chi connectivity index (χ0n) is 10.7. The van der Waals surface area contributed by atoms with Crippen molar-refractivity contribution in [1.82, 2.24) is 0 Å². The summed E-state index contributed by atoms with van der Waals surface area (Å²) in [6.07, 6.45) is 3.11. The third kappa shape index (κ3) is 3.89. The van der Waals surface area contributed by atoms with Gasteiger partial charge in [-0.1, -0.05) is 36.5 Å². The number of rotatable bonds is 6. The van der Waals surface area contributed by atoms with E-state index < -0.39 is 17.2 Å². The van der Waals surface area contributed by atoms with Crippen LogP contribution in [-0.4, -0.2) is 23.2 Å². The quantitative estimate of drug-likeness (QED) is 0.316. The predicted octanol–water partition coefficient (Wildman–Crippen LogP) is 2.65. The molecule has 0 aliphatic heterocycles. The Labute approximate surface area is 108 Å². The van der Waals surface area contributed by atoms with Gasteiger partial charge in [0.1, 0.15) is 5.41 Å². The van der Waals surface area contributed by atoms with Gasteiger partial charge in [0, 0.05) is 0 Å². The number of carbonyl (C=O) groups is 2. The highest BCUT2D eigenvalue weighted by atomic mass is 32.1. The van der Waals surface area contributed by atoms with Crippen molar-refractivity contribution in [3.63, 3.8) is 0 Å². The van der Waals surface area contributed by atoms with Crippen molar-refractivity contribution in [3.8, 4) is 0 Å². The summed E-state index contributed by atoms with van der Waals surface area (Å²) < 4.78 is 4.93. The zero-order valence-corrected chi connectivity index (χ0v) is 11.5. The first-order valence-electron chi connectivity index (χ1n) is 5.34. The van der Waals surface area contributed by atoms with Crippen LogP contribution in [0.4, 0.5) is 0 Å². The molecular formula is C13H18O3S. The molecule has 0 saturated carbocycles. The van der Waals surface area contributed by atoms with E-state index in [0.717, 1.165) is 5.57 Å². The Bertz CT molecular complexity index is 382. The van der Waals surface area contributed by atoms with Gasteiger partial charge in [0.2, 0.25) is 0 Å². The maximum atomic E-state index is 12.0. The highest BCUT2D eigenvalue weighted by Crippen LogP contribution is 2.25. The number of allylic oxidation sites excluding steroid dienone is 2. The lowest BCUT2D eigenvalue weighted by molar-refractivity contribution is -0.154. The van der Waals surface area contributed by atoms with E-state index in [1.54, 1.807) is 19.9 Å². The number of ether oxygens (including phenoxy) is 1. The van der Waals surface area contributed by atoms with E-state index in [0.29, 0.717) is 0 Å². The maximum Gasteiger partial charge on any atom is 0.323 e. The van der Waals surface area contributed by atoms with Crippen molar-refractivity contribution in [1.29, 1.82) is 0 Å². The number of esters is 1. The van der Waals surface area contributed by atoms with E-state index in [2.05, 4.69) is 6.58 Å². The minimum absolute atomic E-state index is 0.161. The van der Waals surface area contributed by atoms with Crippen molar-refractivity contribution in [3.05, 3.63) is 24.3 Å². The lowest BCUT2D eigenvalue weighted by Crippen LogP contribution is -2.39. The molecule has 3 nitrogen and oxygen atoms in total. The molecule has 0 spiro atoms. The molecular weight excluding hydrogens is 236 g/mol. The van der Waals surface area contributed by atoms with Crippen LogP contribution in [-0.2, 0) is 14.3 Å². The predicted molar refractivity (Wildman–Crippen MR) is 72.0 cm³/mol. The second-order valence-corrected chi connectivity index (χ2v) is 4.51. The van der Waals surface area contributed by atoms with Crippen LogP contribution in [0.1, 0.15) is 27.7 Å².